The minimum atomic E-state index is -1.93. The fraction of sp³-hybridized carbons (Fsp3) is 0.549. The number of H-pyrrole nitrogens is 1. The van der Waals surface area contributed by atoms with Crippen molar-refractivity contribution in [2.24, 2.45) is 52.7 Å². The lowest BCUT2D eigenvalue weighted by Crippen LogP contribution is -2.52. The number of guanidine groups is 1. The van der Waals surface area contributed by atoms with Gasteiger partial charge in [-0.15, -0.1) is 5.10 Å². The number of hydrogen-bond acceptors (Lipinski definition) is 26. The summed E-state index contributed by atoms with van der Waals surface area (Å²) in [6.07, 6.45) is -5.93. The standard InChI is InChI=1S/C91H123N17O23S2/c1-4-5-6-15-62(110)29-31-80(120)99-69-49-132-133-50-70-75(115)40-54(14-10-33-97-91(95)131)83(123)101-68(39-60-47-98-66-17-8-7-16-65(60)66)74(114)41-56(24-30-79(92)119)85(125)100-67(73(113)44-58(36-52-20-25-63(111)26-21-52)87(127)106(3)72(89(129)130)37-53-22-27-64(112)28-23-53)18-11-34-107-48-61(104-105-107)38-57(43-76(69)116)86(126)103-82(51(2)109)78(118)45-59(46-81(121)122)88(128)108-35-12-19-71(108)77(117)42-55(84(124)102-70)13-9-32-96-90(93)94/h7-8,16-17,20-23,25-28,47-48,51,54-59,67-72,82,98,109,111-112H,4-6,9-15,18-19,24,29-46,49-50H2,1-3H3,(H2,92,119)(H,99,120)(H,100,125)(H,101,123)(H,102,124)(H,103,126)(H,121,122)(H,129,130)(H4,93,94,96)(H3,95,97,131)/t51-,54-,55-,56-,57-,58-,59+,67+,68+,69+,70+,71+,72-,82+/m1/s1. The van der Waals surface area contributed by atoms with Crippen LogP contribution in [0.25, 0.3) is 10.9 Å². The molecule has 42 heteroatoms. The van der Waals surface area contributed by atoms with E-state index in [4.69, 9.17) is 22.6 Å². The number of aromatic nitrogens is 4. The lowest BCUT2D eigenvalue weighted by atomic mass is 9.87. The second kappa shape index (κ2) is 52.7. The van der Waals surface area contributed by atoms with Gasteiger partial charge in [0.1, 0.15) is 29.4 Å². The minimum absolute atomic E-state index is 0.00553. The molecule has 5 heterocycles. The van der Waals surface area contributed by atoms with Crippen molar-refractivity contribution in [1.82, 2.24) is 67.0 Å². The number of unbranched alkanes of at least 4 members (excludes halogenated alkanes) is 2. The Morgan fingerprint density at radius 2 is 1.26 bits per heavy atom. The van der Waals surface area contributed by atoms with Crippen LogP contribution in [0.15, 0.2) is 85.2 Å². The fourth-order valence-electron chi connectivity index (χ4n) is 16.7. The number of aromatic hydroxyl groups is 2. The number of amides is 10. The third kappa shape index (κ3) is 33.9. The first-order chi connectivity index (χ1) is 63.3. The van der Waals surface area contributed by atoms with E-state index < -0.39 is 266 Å². The fourth-order valence-corrected chi connectivity index (χ4v) is 19.1. The van der Waals surface area contributed by atoms with Crippen LogP contribution in [0.1, 0.15) is 184 Å². The van der Waals surface area contributed by atoms with Crippen molar-refractivity contribution in [3.63, 3.8) is 0 Å². The number of carboxylic acids is 2. The number of carboxylic acid groups (broad SMARTS) is 2. The summed E-state index contributed by atoms with van der Waals surface area (Å²) in [7, 11) is 3.03. The number of fused-ring (bicyclic) bond motifs is 12. The van der Waals surface area contributed by atoms with Gasteiger partial charge in [-0.2, -0.15) is 0 Å². The van der Waals surface area contributed by atoms with Crippen LogP contribution in [0.3, 0.4) is 0 Å². The highest BCUT2D eigenvalue weighted by atomic mass is 33.1. The molecule has 0 spiro atoms. The Labute approximate surface area is 776 Å². The van der Waals surface area contributed by atoms with Crippen molar-refractivity contribution < 1.29 is 112 Å². The van der Waals surface area contributed by atoms with Crippen molar-refractivity contribution in [1.29, 1.82) is 5.41 Å². The van der Waals surface area contributed by atoms with Crippen LogP contribution in [-0.4, -0.2) is 254 Å². The van der Waals surface area contributed by atoms with Crippen molar-refractivity contribution in [3.05, 3.63) is 108 Å². The number of urea groups is 1. The summed E-state index contributed by atoms with van der Waals surface area (Å²) in [5.74, 6) is -26.6. The molecule has 4 bridgehead atoms. The molecule has 3 aliphatic heterocycles. The number of carbonyl (C=O) groups excluding carboxylic acids is 16. The molecule has 133 heavy (non-hydrogen) atoms. The Balaban J connectivity index is 1.31. The average molecular weight is 1890 g/mol. The summed E-state index contributed by atoms with van der Waals surface area (Å²) >= 11 is 0. The molecule has 14 atom stereocenters. The molecular formula is C91H123N17O23S2. The maximum atomic E-state index is 15.8. The van der Waals surface area contributed by atoms with E-state index in [1.165, 1.54) is 66.5 Å². The first kappa shape index (κ1) is 106. The number of aliphatic hydroxyl groups excluding tert-OH is 1. The number of nitrogens with two attached hydrogens (primary N) is 3. The van der Waals surface area contributed by atoms with Gasteiger partial charge in [0.05, 0.1) is 60.3 Å². The number of para-hydroxylation sites is 1. The predicted molar refractivity (Wildman–Crippen MR) is 487 cm³/mol. The number of benzene rings is 3. The third-order valence-corrected chi connectivity index (χ3v) is 26.5. The first-order valence-corrected chi connectivity index (χ1v) is 47.4. The second-order valence-electron chi connectivity index (χ2n) is 34.4. The number of primary amides is 2. The SMILES string of the molecule is CCCCCC(=O)CCC(=O)N[C@H]1CSSC[C@@H]2NC(=O)[C@H](CCCNC(=N)N)CC(=O)[C@@H]3CCCN3C(=O)[C@H](CC(=O)O)CC(=O)[C@H]([C@@H](C)O)NC(=O)[C@@H](CC1=O)Cc1cn(nn1)CCC[C@@H](C(=O)C[C@@H](Cc1ccc(O)cc1)C(=O)N(C)[C@H](Cc1ccc(O)cc1)C(=O)O)NC(=O)[C@H](CCC(N)=O)CC(=O)[C@H](Cc1c[nH]c3ccccc13)NC(=O)[C@H](CCCNC(N)=O)CC2=O. The number of aromatic amines is 1. The molecule has 3 aromatic carbocycles. The molecule has 5 aromatic rings. The van der Waals surface area contributed by atoms with Crippen LogP contribution in [0.5, 0.6) is 11.5 Å². The first-order valence-electron chi connectivity index (χ1n) is 44.9. The Hall–Kier alpha value is -12.5. The van der Waals surface area contributed by atoms with Crippen molar-refractivity contribution >= 4 is 144 Å². The number of ketones is 7. The molecule has 3 aliphatic rings. The van der Waals surface area contributed by atoms with Crippen molar-refractivity contribution in [2.75, 3.05) is 38.2 Å². The highest BCUT2D eigenvalue weighted by Crippen LogP contribution is 2.33. The molecule has 0 unspecified atom stereocenters. The molecule has 0 aliphatic carbocycles. The monoisotopic (exact) mass is 1890 g/mol. The largest absolute Gasteiger partial charge is 0.508 e. The van der Waals surface area contributed by atoms with Crippen LogP contribution >= 0.6 is 21.6 Å². The van der Waals surface area contributed by atoms with E-state index in [1.807, 2.05) is 6.92 Å². The number of carbonyl (C=O) groups is 18. The molecule has 0 saturated carbocycles. The van der Waals surface area contributed by atoms with Crippen molar-refractivity contribution in [3.8, 4) is 11.5 Å². The number of phenolic OH excluding ortho intramolecular Hbond substituents is 2. The Bertz CT molecular complexity index is 4970. The van der Waals surface area contributed by atoms with Crippen LogP contribution < -0.4 is 54.4 Å². The lowest BCUT2D eigenvalue weighted by molar-refractivity contribution is -0.151. The maximum Gasteiger partial charge on any atom is 0.326 e. The van der Waals surface area contributed by atoms with Gasteiger partial charge in [-0.25, -0.2) is 9.59 Å². The molecule has 2 aromatic heterocycles. The average Bonchev–Trinajstić information content (AvgIpc) is 1.72. The smallest absolute Gasteiger partial charge is 0.326 e. The van der Waals surface area contributed by atoms with Gasteiger partial charge in [0.25, 0.3) is 0 Å². The molecule has 20 N–H and O–H groups in total. The van der Waals surface area contributed by atoms with Crippen LogP contribution in [0.2, 0.25) is 0 Å². The quantitative estimate of drug-likeness (QED) is 0.0122. The highest BCUT2D eigenvalue weighted by molar-refractivity contribution is 8.76. The van der Waals surface area contributed by atoms with E-state index in [0.29, 0.717) is 34.0 Å². The molecule has 10 amide bonds. The number of aryl methyl sites for hydroxylation is 1. The summed E-state index contributed by atoms with van der Waals surface area (Å²) in [6.45, 7) is 2.58. The number of nitrogens with one attached hydrogen (secondary N) is 9. The van der Waals surface area contributed by atoms with Gasteiger partial charge >= 0.3 is 18.0 Å². The van der Waals surface area contributed by atoms with E-state index in [9.17, 15) is 63.9 Å². The van der Waals surface area contributed by atoms with E-state index in [1.54, 1.807) is 30.5 Å². The zero-order valence-electron chi connectivity index (χ0n) is 74.9. The number of Topliss-reactive ketones (excluding diaryl/α,β-unsaturated/α-hetero) is 7. The van der Waals surface area contributed by atoms with Gasteiger partial charge in [0.15, 0.2) is 40.7 Å². The topological polar surface area (TPSA) is 648 Å². The van der Waals surface area contributed by atoms with E-state index in [2.05, 4.69) is 52.5 Å². The molecule has 40 nitrogen and oxygen atoms in total. The Kier molecular flexibility index (Phi) is 41.9. The van der Waals surface area contributed by atoms with Gasteiger partial charge in [-0.1, -0.05) is 89.0 Å². The number of aliphatic hydroxyl groups is 1. The van der Waals surface area contributed by atoms with Gasteiger partial charge in [0.2, 0.25) is 47.3 Å². The number of nitrogens with zero attached hydrogens (tertiary/aromatic N) is 5. The highest BCUT2D eigenvalue weighted by Gasteiger charge is 2.44. The van der Waals surface area contributed by atoms with Gasteiger partial charge in [0, 0.05) is 175 Å². The number of hydrogen-bond donors (Lipinski definition) is 17. The van der Waals surface area contributed by atoms with E-state index >= 15 is 47.9 Å². The second-order valence-corrected chi connectivity index (χ2v) is 37.0. The van der Waals surface area contributed by atoms with E-state index in [-0.39, 0.29) is 138 Å². The molecular weight excluding hydrogens is 1760 g/mol. The number of phenols is 2. The summed E-state index contributed by atoms with van der Waals surface area (Å²) in [5.41, 5.74) is 18.8. The normalized spacial score (nSPS) is 22.5. The van der Waals surface area contributed by atoms with Gasteiger partial charge in [-0.3, -0.25) is 86.8 Å². The molecule has 8 rings (SSSR count). The van der Waals surface area contributed by atoms with Crippen molar-refractivity contribution in [2.45, 2.75) is 242 Å². The zero-order chi connectivity index (χ0) is 97.1. The zero-order valence-corrected chi connectivity index (χ0v) is 76.5. The molecule has 2 saturated heterocycles. The molecule has 0 radical (unpaired) electrons. The summed E-state index contributed by atoms with van der Waals surface area (Å²) in [5, 5.41) is 88.7. The summed E-state index contributed by atoms with van der Waals surface area (Å²) in [6, 6.07) is 5.91. The minimum Gasteiger partial charge on any atom is -0.508 e. The number of rotatable bonds is 34. The van der Waals surface area contributed by atoms with Crippen LogP contribution in [0, 0.1) is 40.9 Å². The Morgan fingerprint density at radius 1 is 0.639 bits per heavy atom. The predicted octanol–water partition coefficient (Wildman–Crippen LogP) is 3.17. The molecule has 722 valence electrons. The number of likely N-dealkylation sites (N-methyl/N-ethyl adjacent to an activating group) is 1. The van der Waals surface area contributed by atoms with Crippen LogP contribution in [0.4, 0.5) is 4.79 Å². The van der Waals surface area contributed by atoms with Gasteiger partial charge < -0.3 is 94.7 Å². The Morgan fingerprint density at radius 3 is 1.90 bits per heavy atom. The third-order valence-electron chi connectivity index (χ3n) is 24.1. The van der Waals surface area contributed by atoms with Gasteiger partial charge in [-0.05, 0) is 125 Å². The summed E-state index contributed by atoms with van der Waals surface area (Å²) < 4.78 is 1.27. The van der Waals surface area contributed by atoms with E-state index in [0.717, 1.165) is 51.2 Å². The summed E-state index contributed by atoms with van der Waals surface area (Å²) in [4.78, 5) is 268. The maximum absolute atomic E-state index is 15.8. The lowest BCUT2D eigenvalue weighted by Gasteiger charge is -2.30. The number of aliphatic carboxylic acids is 2. The van der Waals surface area contributed by atoms with Crippen LogP contribution in [-0.2, 0) is 114 Å². The molecule has 2 fully saturated rings.